The summed E-state index contributed by atoms with van der Waals surface area (Å²) in [5.41, 5.74) is 0. The van der Waals surface area contributed by atoms with Gasteiger partial charge in [-0.1, -0.05) is 11.3 Å². The number of hydrogen-bond acceptors (Lipinski definition) is 6. The van der Waals surface area contributed by atoms with Crippen LogP contribution in [0.15, 0.2) is 11.6 Å². The highest BCUT2D eigenvalue weighted by atomic mass is 32.1. The quantitative estimate of drug-likeness (QED) is 0.657. The minimum absolute atomic E-state index is 0.0284. The summed E-state index contributed by atoms with van der Waals surface area (Å²) >= 11 is 1.35. The molecule has 18 heavy (non-hydrogen) atoms. The molecule has 0 bridgehead atoms. The first-order chi connectivity index (χ1) is 8.50. The van der Waals surface area contributed by atoms with Gasteiger partial charge in [0.05, 0.1) is 6.10 Å². The van der Waals surface area contributed by atoms with Gasteiger partial charge in [0.25, 0.3) is 4.96 Å². The molecule has 98 valence electrons. The van der Waals surface area contributed by atoms with Gasteiger partial charge in [-0.3, -0.25) is 0 Å². The van der Waals surface area contributed by atoms with E-state index in [0.29, 0.717) is 23.7 Å². The van der Waals surface area contributed by atoms with Gasteiger partial charge < -0.3 is 20.1 Å². The van der Waals surface area contributed by atoms with Gasteiger partial charge in [0.2, 0.25) is 5.82 Å². The Labute approximate surface area is 107 Å². The number of fused-ring (bicyclic) bond motifs is 1. The molecule has 0 radical (unpaired) electrons. The molecule has 2 heterocycles. The molecule has 2 rings (SSSR count). The number of anilines is 1. The summed E-state index contributed by atoms with van der Waals surface area (Å²) in [7, 11) is 1.74. The van der Waals surface area contributed by atoms with Crippen LogP contribution in [0.4, 0.5) is 11.6 Å². The Morgan fingerprint density at radius 1 is 1.72 bits per heavy atom. The highest BCUT2D eigenvalue weighted by Crippen LogP contribution is 2.30. The molecule has 7 nitrogen and oxygen atoms in total. The second-order valence-electron chi connectivity index (χ2n) is 4.13. The lowest BCUT2D eigenvalue weighted by Gasteiger charge is -2.16. The van der Waals surface area contributed by atoms with Crippen LogP contribution >= 0.6 is 11.3 Å². The van der Waals surface area contributed by atoms with Crippen LogP contribution in [0.25, 0.3) is 4.96 Å². The van der Waals surface area contributed by atoms with E-state index in [0.717, 1.165) is 0 Å². The highest BCUT2D eigenvalue weighted by molar-refractivity contribution is 7.15. The van der Waals surface area contributed by atoms with Crippen molar-refractivity contribution in [3.63, 3.8) is 0 Å². The first kappa shape index (κ1) is 12.8. The zero-order valence-corrected chi connectivity index (χ0v) is 10.9. The van der Waals surface area contributed by atoms with Crippen molar-refractivity contribution in [3.8, 4) is 0 Å². The Morgan fingerprint density at radius 3 is 3.06 bits per heavy atom. The van der Waals surface area contributed by atoms with Crippen molar-refractivity contribution in [3.05, 3.63) is 21.7 Å². The van der Waals surface area contributed by atoms with Gasteiger partial charge in [0.15, 0.2) is 0 Å². The zero-order valence-electron chi connectivity index (χ0n) is 10.1. The number of thiazole rings is 1. The topological polar surface area (TPSA) is 83.9 Å². The SMILES string of the molecule is CC(O)CCN(C)c1nc2sccn2c1[N+](=O)[O-]. The molecule has 2 aromatic heterocycles. The average molecular weight is 270 g/mol. The summed E-state index contributed by atoms with van der Waals surface area (Å²) in [6, 6.07) is 0. The molecule has 0 saturated heterocycles. The molecule has 0 aliphatic heterocycles. The van der Waals surface area contributed by atoms with Crippen LogP contribution in [0.2, 0.25) is 0 Å². The van der Waals surface area contributed by atoms with E-state index in [9.17, 15) is 15.2 Å². The standard InChI is InChI=1S/C10H14N4O3S/c1-7(15)3-4-12(2)8-9(14(16)17)13-5-6-18-10(13)11-8/h5-7,15H,3-4H2,1-2H3. The van der Waals surface area contributed by atoms with E-state index in [1.54, 1.807) is 30.4 Å². The fourth-order valence-electron chi connectivity index (χ4n) is 1.67. The summed E-state index contributed by atoms with van der Waals surface area (Å²) in [6.45, 7) is 2.21. The van der Waals surface area contributed by atoms with Crippen molar-refractivity contribution in [2.45, 2.75) is 19.4 Å². The predicted molar refractivity (Wildman–Crippen MR) is 69.3 cm³/mol. The van der Waals surface area contributed by atoms with Gasteiger partial charge in [-0.15, -0.1) is 0 Å². The van der Waals surface area contributed by atoms with Crippen LogP contribution in [-0.2, 0) is 0 Å². The number of nitro groups is 1. The second kappa shape index (κ2) is 4.91. The third kappa shape index (κ3) is 2.29. The third-order valence-electron chi connectivity index (χ3n) is 2.64. The lowest BCUT2D eigenvalue weighted by atomic mass is 10.3. The van der Waals surface area contributed by atoms with Crippen molar-refractivity contribution in [1.82, 2.24) is 9.38 Å². The van der Waals surface area contributed by atoms with E-state index < -0.39 is 11.0 Å². The van der Waals surface area contributed by atoms with Crippen molar-refractivity contribution in [2.75, 3.05) is 18.5 Å². The normalized spacial score (nSPS) is 12.8. The largest absolute Gasteiger partial charge is 0.393 e. The monoisotopic (exact) mass is 270 g/mol. The van der Waals surface area contributed by atoms with Gasteiger partial charge in [-0.25, -0.2) is 0 Å². The lowest BCUT2D eigenvalue weighted by molar-refractivity contribution is -0.389. The van der Waals surface area contributed by atoms with Crippen LogP contribution < -0.4 is 4.90 Å². The molecule has 0 saturated carbocycles. The van der Waals surface area contributed by atoms with E-state index in [1.807, 2.05) is 0 Å². The minimum Gasteiger partial charge on any atom is -0.393 e. The number of aliphatic hydroxyl groups is 1. The molecule has 8 heteroatoms. The summed E-state index contributed by atoms with van der Waals surface area (Å²) in [6.07, 6.45) is 1.74. The Kier molecular flexibility index (Phi) is 3.48. The molecule has 0 fully saturated rings. The zero-order chi connectivity index (χ0) is 13.3. The smallest absolute Gasteiger partial charge is 0.373 e. The Hall–Kier alpha value is -1.67. The van der Waals surface area contributed by atoms with E-state index >= 15 is 0 Å². The van der Waals surface area contributed by atoms with Crippen LogP contribution in [0.5, 0.6) is 0 Å². The average Bonchev–Trinajstić information content (AvgIpc) is 2.83. The van der Waals surface area contributed by atoms with Crippen molar-refractivity contribution in [2.24, 2.45) is 0 Å². The summed E-state index contributed by atoms with van der Waals surface area (Å²) < 4.78 is 1.47. The summed E-state index contributed by atoms with van der Waals surface area (Å²) in [5, 5.41) is 22.1. The van der Waals surface area contributed by atoms with Gasteiger partial charge in [-0.05, 0) is 18.3 Å². The van der Waals surface area contributed by atoms with Gasteiger partial charge >= 0.3 is 5.82 Å². The first-order valence-electron chi connectivity index (χ1n) is 5.50. The highest BCUT2D eigenvalue weighted by Gasteiger charge is 2.26. The summed E-state index contributed by atoms with van der Waals surface area (Å²) in [5.74, 6) is 0.312. The number of aliphatic hydroxyl groups excluding tert-OH is 1. The van der Waals surface area contributed by atoms with E-state index in [4.69, 9.17) is 0 Å². The molecule has 0 aliphatic rings. The molecule has 0 amide bonds. The van der Waals surface area contributed by atoms with Crippen LogP contribution in [0, 0.1) is 10.1 Å². The Balaban J connectivity index is 2.34. The molecule has 0 spiro atoms. The maximum Gasteiger partial charge on any atom is 0.373 e. The molecule has 2 aromatic rings. The first-order valence-corrected chi connectivity index (χ1v) is 6.38. The van der Waals surface area contributed by atoms with Crippen molar-refractivity contribution < 1.29 is 10.0 Å². The van der Waals surface area contributed by atoms with Crippen molar-refractivity contribution in [1.29, 1.82) is 0 Å². The number of rotatable bonds is 5. The summed E-state index contributed by atoms with van der Waals surface area (Å²) in [4.78, 5) is 17.2. The molecular formula is C10H14N4O3S. The van der Waals surface area contributed by atoms with Gasteiger partial charge in [-0.2, -0.15) is 9.38 Å². The number of nitrogens with zero attached hydrogens (tertiary/aromatic N) is 4. The van der Waals surface area contributed by atoms with E-state index in [2.05, 4.69) is 4.98 Å². The molecule has 1 unspecified atom stereocenters. The van der Waals surface area contributed by atoms with Crippen LogP contribution in [-0.4, -0.2) is 39.1 Å². The maximum absolute atomic E-state index is 11.1. The third-order valence-corrected chi connectivity index (χ3v) is 3.39. The van der Waals surface area contributed by atoms with Gasteiger partial charge in [0, 0.05) is 19.0 Å². The van der Waals surface area contributed by atoms with Gasteiger partial charge in [0.1, 0.15) is 6.20 Å². The Bertz CT molecular complexity index is 562. The van der Waals surface area contributed by atoms with E-state index in [1.165, 1.54) is 15.7 Å². The second-order valence-corrected chi connectivity index (χ2v) is 5.00. The number of aromatic nitrogens is 2. The predicted octanol–water partition coefficient (Wildman–Crippen LogP) is 1.51. The number of hydrogen-bond donors (Lipinski definition) is 1. The van der Waals surface area contributed by atoms with Crippen LogP contribution in [0.3, 0.4) is 0 Å². The molecule has 0 aromatic carbocycles. The fraction of sp³-hybridized carbons (Fsp3) is 0.500. The molecular weight excluding hydrogens is 256 g/mol. The number of imidazole rings is 1. The molecule has 1 atom stereocenters. The van der Waals surface area contributed by atoms with Crippen molar-refractivity contribution >= 4 is 27.9 Å². The minimum atomic E-state index is -0.435. The van der Waals surface area contributed by atoms with E-state index in [-0.39, 0.29) is 5.82 Å². The van der Waals surface area contributed by atoms with Crippen LogP contribution in [0.1, 0.15) is 13.3 Å². The maximum atomic E-state index is 11.1. The lowest BCUT2D eigenvalue weighted by Crippen LogP contribution is -2.23. The molecule has 1 N–H and O–H groups in total. The molecule has 0 aliphatic carbocycles. The Morgan fingerprint density at radius 2 is 2.44 bits per heavy atom. The fourth-order valence-corrected chi connectivity index (χ4v) is 2.38.